The van der Waals surface area contributed by atoms with Gasteiger partial charge in [-0.2, -0.15) is 4.98 Å². The fourth-order valence-electron chi connectivity index (χ4n) is 2.80. The lowest BCUT2D eigenvalue weighted by molar-refractivity contribution is 0.0703. The number of piperidine rings is 1. The molecule has 1 saturated heterocycles. The van der Waals surface area contributed by atoms with Gasteiger partial charge in [-0.15, -0.1) is 0 Å². The smallest absolute Gasteiger partial charge is 0.254 e. The zero-order chi connectivity index (χ0) is 16.2. The van der Waals surface area contributed by atoms with Gasteiger partial charge >= 0.3 is 0 Å². The van der Waals surface area contributed by atoms with Crippen molar-refractivity contribution in [1.82, 2.24) is 20.0 Å². The van der Waals surface area contributed by atoms with Gasteiger partial charge in [0.15, 0.2) is 5.82 Å². The molecule has 1 aliphatic heterocycles. The Morgan fingerprint density at radius 2 is 2.39 bits per heavy atom. The van der Waals surface area contributed by atoms with Crippen LogP contribution in [0.5, 0.6) is 5.88 Å². The molecule has 1 aliphatic rings. The van der Waals surface area contributed by atoms with Crippen molar-refractivity contribution in [1.29, 1.82) is 0 Å². The molecular formula is C16H20N4O3. The van der Waals surface area contributed by atoms with E-state index in [9.17, 15) is 4.79 Å². The maximum Gasteiger partial charge on any atom is 0.254 e. The summed E-state index contributed by atoms with van der Waals surface area (Å²) in [4.78, 5) is 22.9. The van der Waals surface area contributed by atoms with Crippen LogP contribution in [0.1, 0.15) is 47.8 Å². The zero-order valence-corrected chi connectivity index (χ0v) is 13.4. The summed E-state index contributed by atoms with van der Waals surface area (Å²) in [5.74, 6) is 1.82. The Bertz CT molecular complexity index is 685. The van der Waals surface area contributed by atoms with Gasteiger partial charge in [0.05, 0.1) is 6.61 Å². The molecule has 23 heavy (non-hydrogen) atoms. The van der Waals surface area contributed by atoms with Crippen LogP contribution in [-0.4, -0.2) is 45.6 Å². The number of hydrogen-bond donors (Lipinski definition) is 0. The molecule has 0 saturated carbocycles. The Labute approximate surface area is 134 Å². The van der Waals surface area contributed by atoms with Gasteiger partial charge in [0.1, 0.15) is 0 Å². The Kier molecular flexibility index (Phi) is 4.55. The number of aromatic nitrogens is 3. The first-order valence-electron chi connectivity index (χ1n) is 7.85. The Morgan fingerprint density at radius 1 is 1.52 bits per heavy atom. The highest BCUT2D eigenvalue weighted by Gasteiger charge is 2.28. The summed E-state index contributed by atoms with van der Waals surface area (Å²) in [7, 11) is 0. The summed E-state index contributed by atoms with van der Waals surface area (Å²) in [5.41, 5.74) is 0.591. The fourth-order valence-corrected chi connectivity index (χ4v) is 2.80. The van der Waals surface area contributed by atoms with E-state index in [4.69, 9.17) is 9.26 Å². The second-order valence-electron chi connectivity index (χ2n) is 5.58. The van der Waals surface area contributed by atoms with Crippen molar-refractivity contribution in [3.63, 3.8) is 0 Å². The average molecular weight is 316 g/mol. The van der Waals surface area contributed by atoms with Crippen LogP contribution in [0.25, 0.3) is 0 Å². The maximum atomic E-state index is 12.7. The van der Waals surface area contributed by atoms with Crippen molar-refractivity contribution in [2.75, 3.05) is 19.7 Å². The van der Waals surface area contributed by atoms with E-state index >= 15 is 0 Å². The van der Waals surface area contributed by atoms with Gasteiger partial charge in [0.25, 0.3) is 5.91 Å². The minimum atomic E-state index is -0.0155. The minimum Gasteiger partial charge on any atom is -0.478 e. The molecule has 0 N–H and O–H groups in total. The molecule has 0 unspecified atom stereocenters. The average Bonchev–Trinajstić information content (AvgIpc) is 3.01. The molecule has 3 heterocycles. The van der Waals surface area contributed by atoms with Crippen molar-refractivity contribution in [3.8, 4) is 5.88 Å². The van der Waals surface area contributed by atoms with Crippen molar-refractivity contribution < 1.29 is 14.1 Å². The van der Waals surface area contributed by atoms with E-state index in [0.717, 1.165) is 19.4 Å². The van der Waals surface area contributed by atoms with Gasteiger partial charge in [-0.05, 0) is 25.8 Å². The topological polar surface area (TPSA) is 81.4 Å². The van der Waals surface area contributed by atoms with E-state index in [1.54, 1.807) is 25.3 Å². The van der Waals surface area contributed by atoms with Crippen molar-refractivity contribution >= 4 is 5.91 Å². The van der Waals surface area contributed by atoms with Crippen LogP contribution in [0, 0.1) is 6.92 Å². The van der Waals surface area contributed by atoms with Crippen LogP contribution in [-0.2, 0) is 0 Å². The van der Waals surface area contributed by atoms with E-state index in [-0.39, 0.29) is 11.8 Å². The van der Waals surface area contributed by atoms with Crippen molar-refractivity contribution in [3.05, 3.63) is 35.6 Å². The minimum absolute atomic E-state index is 0.0155. The molecule has 1 atom stereocenters. The molecule has 0 spiro atoms. The summed E-state index contributed by atoms with van der Waals surface area (Å²) in [6.07, 6.45) is 3.49. The van der Waals surface area contributed by atoms with Crippen LogP contribution in [0.4, 0.5) is 0 Å². The molecule has 0 aliphatic carbocycles. The van der Waals surface area contributed by atoms with Gasteiger partial charge in [-0.25, -0.2) is 4.98 Å². The predicted molar refractivity (Wildman–Crippen MR) is 82.3 cm³/mol. The summed E-state index contributed by atoms with van der Waals surface area (Å²) in [6, 6.07) is 3.40. The molecule has 0 bridgehead atoms. The Balaban J connectivity index is 1.73. The van der Waals surface area contributed by atoms with Gasteiger partial charge < -0.3 is 14.2 Å². The van der Waals surface area contributed by atoms with Gasteiger partial charge in [0, 0.05) is 43.8 Å². The van der Waals surface area contributed by atoms with E-state index in [0.29, 0.717) is 36.3 Å². The molecule has 1 fully saturated rings. The largest absolute Gasteiger partial charge is 0.478 e. The van der Waals surface area contributed by atoms with Crippen LogP contribution in [0.15, 0.2) is 22.9 Å². The van der Waals surface area contributed by atoms with Crippen molar-refractivity contribution in [2.24, 2.45) is 0 Å². The Morgan fingerprint density at radius 3 is 3.13 bits per heavy atom. The SMILES string of the molecule is CCOc1cc(C(=O)N2CCC[C@H](c3noc(C)n3)C2)ccn1. The lowest BCUT2D eigenvalue weighted by atomic mass is 9.97. The maximum absolute atomic E-state index is 12.7. The second-order valence-corrected chi connectivity index (χ2v) is 5.58. The quantitative estimate of drug-likeness (QED) is 0.860. The fraction of sp³-hybridized carbons (Fsp3) is 0.500. The van der Waals surface area contributed by atoms with Gasteiger partial charge in [-0.1, -0.05) is 5.16 Å². The van der Waals surface area contributed by atoms with E-state index < -0.39 is 0 Å². The molecule has 122 valence electrons. The highest BCUT2D eigenvalue weighted by atomic mass is 16.5. The van der Waals surface area contributed by atoms with Crippen LogP contribution >= 0.6 is 0 Å². The van der Waals surface area contributed by atoms with E-state index in [1.807, 2.05) is 11.8 Å². The molecule has 7 heteroatoms. The number of aryl methyl sites for hydroxylation is 1. The molecular weight excluding hydrogens is 296 g/mol. The monoisotopic (exact) mass is 316 g/mol. The van der Waals surface area contributed by atoms with Crippen LogP contribution in [0.2, 0.25) is 0 Å². The highest BCUT2D eigenvalue weighted by Crippen LogP contribution is 2.26. The van der Waals surface area contributed by atoms with Gasteiger partial charge in [0.2, 0.25) is 11.8 Å². The molecule has 0 aromatic carbocycles. The Hall–Kier alpha value is -2.44. The summed E-state index contributed by atoms with van der Waals surface area (Å²) < 4.78 is 10.4. The molecule has 1 amide bonds. The number of carbonyl (C=O) groups excluding carboxylic acids is 1. The number of amides is 1. The standard InChI is InChI=1S/C16H20N4O3/c1-3-22-14-9-12(6-7-17-14)16(21)20-8-4-5-13(10-20)15-18-11(2)23-19-15/h6-7,9,13H,3-5,8,10H2,1-2H3/t13-/m0/s1. The number of pyridine rings is 1. The first-order chi connectivity index (χ1) is 11.2. The summed E-state index contributed by atoms with van der Waals surface area (Å²) >= 11 is 0. The predicted octanol–water partition coefficient (Wildman–Crippen LogP) is 2.19. The molecule has 2 aromatic rings. The third-order valence-electron chi connectivity index (χ3n) is 3.89. The van der Waals surface area contributed by atoms with E-state index in [1.165, 1.54) is 0 Å². The number of likely N-dealkylation sites (tertiary alicyclic amines) is 1. The van der Waals surface area contributed by atoms with Crippen molar-refractivity contribution in [2.45, 2.75) is 32.6 Å². The summed E-state index contributed by atoms with van der Waals surface area (Å²) in [5, 5.41) is 3.99. The first kappa shape index (κ1) is 15.5. The molecule has 7 nitrogen and oxygen atoms in total. The number of rotatable bonds is 4. The summed E-state index contributed by atoms with van der Waals surface area (Å²) in [6.45, 7) is 5.52. The van der Waals surface area contributed by atoms with E-state index in [2.05, 4.69) is 15.1 Å². The lowest BCUT2D eigenvalue weighted by Crippen LogP contribution is -2.39. The highest BCUT2D eigenvalue weighted by molar-refractivity contribution is 5.94. The zero-order valence-electron chi connectivity index (χ0n) is 13.4. The number of carbonyl (C=O) groups is 1. The van der Waals surface area contributed by atoms with Crippen LogP contribution in [0.3, 0.4) is 0 Å². The van der Waals surface area contributed by atoms with Crippen LogP contribution < -0.4 is 4.74 Å². The first-order valence-corrected chi connectivity index (χ1v) is 7.85. The lowest BCUT2D eigenvalue weighted by Gasteiger charge is -2.31. The third kappa shape index (κ3) is 3.49. The number of ether oxygens (including phenoxy) is 1. The third-order valence-corrected chi connectivity index (χ3v) is 3.89. The molecule has 3 rings (SSSR count). The second kappa shape index (κ2) is 6.76. The number of hydrogen-bond acceptors (Lipinski definition) is 6. The number of nitrogens with zero attached hydrogens (tertiary/aromatic N) is 4. The van der Waals surface area contributed by atoms with Gasteiger partial charge in [-0.3, -0.25) is 4.79 Å². The molecule has 0 radical (unpaired) electrons. The molecule has 2 aromatic heterocycles. The normalized spacial score (nSPS) is 18.0.